The lowest BCUT2D eigenvalue weighted by molar-refractivity contribution is 0.237. The van der Waals surface area contributed by atoms with Gasteiger partial charge in [0.15, 0.2) is 0 Å². The van der Waals surface area contributed by atoms with Gasteiger partial charge in [0, 0.05) is 17.5 Å². The van der Waals surface area contributed by atoms with Crippen LogP contribution in [0.5, 0.6) is 0 Å². The standard InChI is InChI=1S/C12H17ClN2OS/c13-11-6-5-10(17-11)7-8-14-12(16)15-9-3-1-2-4-9/h5-6,9H,1-4,7-8H2,(H2,14,15,16). The summed E-state index contributed by atoms with van der Waals surface area (Å²) < 4.78 is 0.801. The van der Waals surface area contributed by atoms with Gasteiger partial charge in [-0.2, -0.15) is 0 Å². The summed E-state index contributed by atoms with van der Waals surface area (Å²) in [5.74, 6) is 0. The number of carbonyl (C=O) groups excluding carboxylic acids is 1. The third kappa shape index (κ3) is 4.21. The highest BCUT2D eigenvalue weighted by Gasteiger charge is 2.16. The molecule has 1 aliphatic rings. The predicted octanol–water partition coefficient (Wildman–Crippen LogP) is 3.19. The Morgan fingerprint density at radius 1 is 1.41 bits per heavy atom. The molecule has 2 rings (SSSR count). The summed E-state index contributed by atoms with van der Waals surface area (Å²) >= 11 is 7.40. The van der Waals surface area contributed by atoms with Crippen LogP contribution in [0.3, 0.4) is 0 Å². The van der Waals surface area contributed by atoms with Gasteiger partial charge in [-0.15, -0.1) is 11.3 Å². The number of hydrogen-bond acceptors (Lipinski definition) is 2. The molecule has 1 aliphatic carbocycles. The number of carbonyl (C=O) groups is 1. The topological polar surface area (TPSA) is 41.1 Å². The van der Waals surface area contributed by atoms with Crippen molar-refractivity contribution in [3.05, 3.63) is 21.3 Å². The highest BCUT2D eigenvalue weighted by molar-refractivity contribution is 7.16. The van der Waals surface area contributed by atoms with Gasteiger partial charge in [-0.3, -0.25) is 0 Å². The monoisotopic (exact) mass is 272 g/mol. The molecule has 0 aliphatic heterocycles. The third-order valence-corrected chi connectivity index (χ3v) is 4.27. The Labute approximate surface area is 111 Å². The molecule has 2 amide bonds. The van der Waals surface area contributed by atoms with E-state index in [0.29, 0.717) is 12.6 Å². The Bertz CT molecular complexity index is 374. The molecule has 3 nitrogen and oxygen atoms in total. The van der Waals surface area contributed by atoms with Gasteiger partial charge in [-0.05, 0) is 31.4 Å². The SMILES string of the molecule is O=C(NCCc1ccc(Cl)s1)NC1CCCC1. The zero-order valence-electron chi connectivity index (χ0n) is 9.67. The zero-order valence-corrected chi connectivity index (χ0v) is 11.2. The Kier molecular flexibility index (Phi) is 4.68. The quantitative estimate of drug-likeness (QED) is 0.868. The first-order valence-corrected chi connectivity index (χ1v) is 7.22. The van der Waals surface area contributed by atoms with Gasteiger partial charge in [-0.1, -0.05) is 24.4 Å². The molecule has 1 fully saturated rings. The van der Waals surface area contributed by atoms with E-state index in [2.05, 4.69) is 10.6 Å². The normalized spacial score (nSPS) is 16.1. The van der Waals surface area contributed by atoms with Crippen LogP contribution in [-0.4, -0.2) is 18.6 Å². The smallest absolute Gasteiger partial charge is 0.315 e. The van der Waals surface area contributed by atoms with Crippen LogP contribution >= 0.6 is 22.9 Å². The minimum Gasteiger partial charge on any atom is -0.338 e. The van der Waals surface area contributed by atoms with E-state index in [1.54, 1.807) is 11.3 Å². The summed E-state index contributed by atoms with van der Waals surface area (Å²) in [6, 6.07) is 4.23. The highest BCUT2D eigenvalue weighted by Crippen LogP contribution is 2.21. The first-order chi connectivity index (χ1) is 8.24. The Balaban J connectivity index is 1.62. The van der Waals surface area contributed by atoms with E-state index in [1.165, 1.54) is 17.7 Å². The van der Waals surface area contributed by atoms with Gasteiger partial charge in [0.1, 0.15) is 0 Å². The van der Waals surface area contributed by atoms with E-state index in [4.69, 9.17) is 11.6 Å². The lowest BCUT2D eigenvalue weighted by atomic mass is 10.2. The first-order valence-electron chi connectivity index (χ1n) is 6.02. The van der Waals surface area contributed by atoms with E-state index in [1.807, 2.05) is 12.1 Å². The molecular weight excluding hydrogens is 256 g/mol. The maximum atomic E-state index is 11.5. The van der Waals surface area contributed by atoms with Gasteiger partial charge in [0.2, 0.25) is 0 Å². The number of rotatable bonds is 4. The summed E-state index contributed by atoms with van der Waals surface area (Å²) in [6.45, 7) is 0.662. The van der Waals surface area contributed by atoms with Gasteiger partial charge >= 0.3 is 6.03 Å². The molecule has 1 saturated carbocycles. The van der Waals surface area contributed by atoms with Crippen LogP contribution in [0.1, 0.15) is 30.6 Å². The third-order valence-electron chi connectivity index (χ3n) is 2.98. The van der Waals surface area contributed by atoms with Crippen molar-refractivity contribution in [1.82, 2.24) is 10.6 Å². The molecule has 0 spiro atoms. The van der Waals surface area contributed by atoms with Crippen molar-refractivity contribution in [3.8, 4) is 0 Å². The molecule has 1 aromatic heterocycles. The van der Waals surface area contributed by atoms with Crippen molar-refractivity contribution in [2.45, 2.75) is 38.1 Å². The van der Waals surface area contributed by atoms with Crippen molar-refractivity contribution in [2.24, 2.45) is 0 Å². The number of hydrogen-bond donors (Lipinski definition) is 2. The van der Waals surface area contributed by atoms with Crippen LogP contribution in [0.15, 0.2) is 12.1 Å². The average molecular weight is 273 g/mol. The molecule has 0 bridgehead atoms. The highest BCUT2D eigenvalue weighted by atomic mass is 35.5. The van der Waals surface area contributed by atoms with Crippen LogP contribution in [0, 0.1) is 0 Å². The van der Waals surface area contributed by atoms with Gasteiger partial charge in [0.05, 0.1) is 4.34 Å². The molecule has 1 aromatic rings. The molecule has 94 valence electrons. The lowest BCUT2D eigenvalue weighted by Crippen LogP contribution is -2.41. The largest absolute Gasteiger partial charge is 0.338 e. The molecule has 0 aromatic carbocycles. The van der Waals surface area contributed by atoms with E-state index >= 15 is 0 Å². The Morgan fingerprint density at radius 2 is 2.18 bits per heavy atom. The van der Waals surface area contributed by atoms with Crippen molar-refractivity contribution in [1.29, 1.82) is 0 Å². The molecule has 0 saturated heterocycles. The van der Waals surface area contributed by atoms with Crippen LogP contribution in [-0.2, 0) is 6.42 Å². The van der Waals surface area contributed by atoms with Crippen molar-refractivity contribution in [2.75, 3.05) is 6.54 Å². The summed E-state index contributed by atoms with van der Waals surface area (Å²) in [6.07, 6.45) is 5.55. The summed E-state index contributed by atoms with van der Waals surface area (Å²) in [5, 5.41) is 5.88. The van der Waals surface area contributed by atoms with Crippen LogP contribution in [0.4, 0.5) is 4.79 Å². The first kappa shape index (κ1) is 12.7. The van der Waals surface area contributed by atoms with Crippen molar-refractivity contribution >= 4 is 29.0 Å². The lowest BCUT2D eigenvalue weighted by Gasteiger charge is -2.12. The second kappa shape index (κ2) is 6.26. The maximum absolute atomic E-state index is 11.5. The summed E-state index contributed by atoms with van der Waals surface area (Å²) in [4.78, 5) is 12.8. The van der Waals surface area contributed by atoms with E-state index in [0.717, 1.165) is 23.6 Å². The molecule has 0 unspecified atom stereocenters. The minimum atomic E-state index is -0.0421. The number of thiophene rings is 1. The summed E-state index contributed by atoms with van der Waals surface area (Å²) in [7, 11) is 0. The Morgan fingerprint density at radius 3 is 2.82 bits per heavy atom. The van der Waals surface area contributed by atoms with Gasteiger partial charge in [0.25, 0.3) is 0 Å². The second-order valence-electron chi connectivity index (χ2n) is 4.34. The molecular formula is C12H17ClN2OS. The Hall–Kier alpha value is -0.740. The number of halogens is 1. The minimum absolute atomic E-state index is 0.0421. The number of amides is 2. The average Bonchev–Trinajstić information content (AvgIpc) is 2.90. The fourth-order valence-electron chi connectivity index (χ4n) is 2.09. The summed E-state index contributed by atoms with van der Waals surface area (Å²) in [5.41, 5.74) is 0. The molecule has 17 heavy (non-hydrogen) atoms. The number of nitrogens with one attached hydrogen (secondary N) is 2. The van der Waals surface area contributed by atoms with E-state index < -0.39 is 0 Å². The molecule has 2 N–H and O–H groups in total. The van der Waals surface area contributed by atoms with Crippen LogP contribution in [0.2, 0.25) is 4.34 Å². The van der Waals surface area contributed by atoms with E-state index in [9.17, 15) is 4.79 Å². The fourth-order valence-corrected chi connectivity index (χ4v) is 3.18. The van der Waals surface area contributed by atoms with Crippen LogP contribution in [0.25, 0.3) is 0 Å². The molecule has 1 heterocycles. The van der Waals surface area contributed by atoms with Crippen molar-refractivity contribution < 1.29 is 4.79 Å². The van der Waals surface area contributed by atoms with E-state index in [-0.39, 0.29) is 6.03 Å². The zero-order chi connectivity index (χ0) is 12.1. The molecule has 0 atom stereocenters. The predicted molar refractivity (Wildman–Crippen MR) is 71.8 cm³/mol. The maximum Gasteiger partial charge on any atom is 0.315 e. The fraction of sp³-hybridized carbons (Fsp3) is 0.583. The van der Waals surface area contributed by atoms with Gasteiger partial charge in [-0.25, -0.2) is 4.79 Å². The van der Waals surface area contributed by atoms with Crippen LogP contribution < -0.4 is 10.6 Å². The molecule has 5 heteroatoms. The van der Waals surface area contributed by atoms with Gasteiger partial charge < -0.3 is 10.6 Å². The number of urea groups is 1. The molecule has 0 radical (unpaired) electrons. The van der Waals surface area contributed by atoms with Crippen molar-refractivity contribution in [3.63, 3.8) is 0 Å². The second-order valence-corrected chi connectivity index (χ2v) is 6.14.